The maximum absolute atomic E-state index is 12.6. The van der Waals surface area contributed by atoms with E-state index in [2.05, 4.69) is 0 Å². The molecule has 0 aliphatic heterocycles. The van der Waals surface area contributed by atoms with Crippen LogP contribution >= 0.6 is 0 Å². The fourth-order valence-corrected chi connectivity index (χ4v) is 4.37. The van der Waals surface area contributed by atoms with Gasteiger partial charge in [0.1, 0.15) is 20.8 Å². The lowest BCUT2D eigenvalue weighted by atomic mass is 10.1. The lowest BCUT2D eigenvalue weighted by Gasteiger charge is -2.10. The van der Waals surface area contributed by atoms with Gasteiger partial charge in [0.25, 0.3) is 0 Å². The molecule has 0 amide bonds. The summed E-state index contributed by atoms with van der Waals surface area (Å²) < 4.78 is 63.8. The molecule has 0 N–H and O–H groups in total. The normalized spacial score (nSPS) is 12.3. The fraction of sp³-hybridized carbons (Fsp3) is 0. The van der Waals surface area contributed by atoms with Gasteiger partial charge in [-0.1, -0.05) is 42.5 Å². The van der Waals surface area contributed by atoms with Gasteiger partial charge in [-0.25, -0.2) is 8.42 Å². The molecule has 0 spiro atoms. The molecule has 142 valence electrons. The Morgan fingerprint density at radius 2 is 1.14 bits per heavy atom. The Morgan fingerprint density at radius 1 is 0.607 bits per heavy atom. The monoisotopic (exact) mass is 413 g/mol. The van der Waals surface area contributed by atoms with Crippen molar-refractivity contribution in [3.05, 3.63) is 78.9 Å². The molecule has 0 saturated heterocycles. The summed E-state index contributed by atoms with van der Waals surface area (Å²) in [6.07, 6.45) is 0. The predicted octanol–water partition coefficient (Wildman–Crippen LogP) is 3.66. The van der Waals surface area contributed by atoms with Gasteiger partial charge >= 0.3 is 10.1 Å². The van der Waals surface area contributed by atoms with Gasteiger partial charge < -0.3 is 8.74 Å². The number of hydrogen-bond acceptors (Lipinski definition) is 6. The second-order valence-corrected chi connectivity index (χ2v) is 9.10. The number of rotatable bonds is 4. The first-order valence-corrected chi connectivity index (χ1v) is 11.0. The first-order chi connectivity index (χ1) is 13.2. The third kappa shape index (κ3) is 3.57. The summed E-state index contributed by atoms with van der Waals surface area (Å²) in [6.45, 7) is 0. The lowest BCUT2D eigenvalue weighted by molar-refractivity contribution is 0.463. The second-order valence-electron chi connectivity index (χ2n) is 6.17. The predicted molar refractivity (Wildman–Crippen MR) is 104 cm³/mol. The molecule has 0 bridgehead atoms. The van der Waals surface area contributed by atoms with Crippen LogP contribution in [-0.4, -0.2) is 21.4 Å². The van der Waals surface area contributed by atoms with Crippen LogP contribution in [0.2, 0.25) is 0 Å². The van der Waals surface area contributed by atoms with E-state index in [4.69, 9.17) is 4.18 Å². The fourth-order valence-electron chi connectivity index (χ4n) is 2.91. The Morgan fingerprint density at radius 3 is 1.89 bits per heavy atom. The zero-order valence-electron chi connectivity index (χ0n) is 14.3. The van der Waals surface area contributed by atoms with Gasteiger partial charge in [-0.15, -0.1) is 0 Å². The van der Waals surface area contributed by atoms with Gasteiger partial charge in [0.15, 0.2) is 0 Å². The van der Waals surface area contributed by atoms with Gasteiger partial charge in [0.05, 0.1) is 4.90 Å². The maximum atomic E-state index is 12.6. The highest BCUT2D eigenvalue weighted by Gasteiger charge is 2.17. The molecule has 4 aromatic carbocycles. The van der Waals surface area contributed by atoms with Gasteiger partial charge in [-0.3, -0.25) is 0 Å². The number of fused-ring (bicyclic) bond motifs is 2. The van der Waals surface area contributed by atoms with Crippen LogP contribution in [0.1, 0.15) is 0 Å². The summed E-state index contributed by atoms with van der Waals surface area (Å²) in [5, 5.41) is 2.71. The molecule has 0 aliphatic carbocycles. The van der Waals surface area contributed by atoms with Crippen molar-refractivity contribution in [3.8, 4) is 5.75 Å². The second kappa shape index (κ2) is 6.59. The van der Waals surface area contributed by atoms with E-state index >= 15 is 0 Å². The van der Waals surface area contributed by atoms with E-state index in [1.54, 1.807) is 6.07 Å². The average Bonchev–Trinajstić information content (AvgIpc) is 2.66. The smallest absolute Gasteiger partial charge is 0.339 e. The van der Waals surface area contributed by atoms with Crippen LogP contribution in [-0.2, 0) is 20.2 Å². The van der Waals surface area contributed by atoms with Crippen LogP contribution in [0.15, 0.2) is 88.7 Å². The minimum absolute atomic E-state index is 0.0269. The standard InChI is InChI=1S/C20H14O6S2/c21-27(22,23)19-9-7-16-11-18(8-5-17(16)12-19)26-28(24,25)20-10-6-14-3-1-2-4-15(14)13-20/h1-13H,(H,21,22,23)/p-1. The van der Waals surface area contributed by atoms with Crippen molar-refractivity contribution in [3.63, 3.8) is 0 Å². The lowest BCUT2D eigenvalue weighted by Crippen LogP contribution is -2.09. The molecule has 0 radical (unpaired) electrons. The molecule has 28 heavy (non-hydrogen) atoms. The molecule has 4 rings (SSSR count). The van der Waals surface area contributed by atoms with E-state index in [0.717, 1.165) is 10.8 Å². The minimum Gasteiger partial charge on any atom is -0.744 e. The van der Waals surface area contributed by atoms with Crippen LogP contribution < -0.4 is 4.18 Å². The van der Waals surface area contributed by atoms with Gasteiger partial charge in [0, 0.05) is 0 Å². The van der Waals surface area contributed by atoms with E-state index in [9.17, 15) is 21.4 Å². The quantitative estimate of drug-likeness (QED) is 0.374. The molecule has 8 heteroatoms. The zero-order valence-corrected chi connectivity index (χ0v) is 15.9. The summed E-state index contributed by atoms with van der Waals surface area (Å²) in [5.41, 5.74) is 0. The van der Waals surface area contributed by atoms with Crippen molar-refractivity contribution >= 4 is 41.8 Å². The highest BCUT2D eigenvalue weighted by Crippen LogP contribution is 2.27. The van der Waals surface area contributed by atoms with E-state index < -0.39 is 20.2 Å². The molecule has 6 nitrogen and oxygen atoms in total. The third-order valence-electron chi connectivity index (χ3n) is 4.29. The first-order valence-electron chi connectivity index (χ1n) is 8.15. The van der Waals surface area contributed by atoms with E-state index in [0.29, 0.717) is 10.8 Å². The van der Waals surface area contributed by atoms with Crippen molar-refractivity contribution in [1.29, 1.82) is 0 Å². The summed E-state index contributed by atoms with van der Waals surface area (Å²) >= 11 is 0. The molecule has 0 fully saturated rings. The first kappa shape index (κ1) is 18.4. The number of benzene rings is 4. The Labute approximate surface area is 161 Å². The highest BCUT2D eigenvalue weighted by atomic mass is 32.2. The largest absolute Gasteiger partial charge is 0.744 e. The molecular formula is C20H13O6S2-. The highest BCUT2D eigenvalue weighted by molar-refractivity contribution is 7.87. The van der Waals surface area contributed by atoms with Crippen LogP contribution in [0.4, 0.5) is 0 Å². The van der Waals surface area contributed by atoms with E-state index in [1.807, 2.05) is 24.3 Å². The topological polar surface area (TPSA) is 101 Å². The van der Waals surface area contributed by atoms with Crippen LogP contribution in [0.25, 0.3) is 21.5 Å². The van der Waals surface area contributed by atoms with Crippen molar-refractivity contribution < 1.29 is 25.6 Å². The Hall–Kier alpha value is -2.94. The molecular weight excluding hydrogens is 400 g/mol. The van der Waals surface area contributed by atoms with E-state index in [1.165, 1.54) is 48.5 Å². The molecule has 0 aliphatic rings. The minimum atomic E-state index is -4.56. The Balaban J connectivity index is 1.69. The van der Waals surface area contributed by atoms with Crippen molar-refractivity contribution in [2.24, 2.45) is 0 Å². The molecule has 4 aromatic rings. The summed E-state index contributed by atoms with van der Waals surface area (Å²) in [7, 11) is -8.62. The zero-order chi connectivity index (χ0) is 19.9. The average molecular weight is 413 g/mol. The van der Waals surface area contributed by atoms with Gasteiger partial charge in [-0.05, 0) is 57.9 Å². The molecule has 0 saturated carbocycles. The van der Waals surface area contributed by atoms with E-state index in [-0.39, 0.29) is 15.5 Å². The van der Waals surface area contributed by atoms with Gasteiger partial charge in [-0.2, -0.15) is 8.42 Å². The molecule has 0 aromatic heterocycles. The third-order valence-corrected chi connectivity index (χ3v) is 6.36. The van der Waals surface area contributed by atoms with Gasteiger partial charge in [0.2, 0.25) is 0 Å². The Bertz CT molecular complexity index is 1420. The molecule has 0 heterocycles. The van der Waals surface area contributed by atoms with Crippen LogP contribution in [0, 0.1) is 0 Å². The number of hydrogen-bond donors (Lipinski definition) is 0. The molecule has 0 atom stereocenters. The molecule has 0 unspecified atom stereocenters. The summed E-state index contributed by atoms with van der Waals surface area (Å²) in [5.74, 6) is 0.0818. The Kier molecular flexibility index (Phi) is 4.34. The van der Waals surface area contributed by atoms with Crippen molar-refractivity contribution in [1.82, 2.24) is 0 Å². The SMILES string of the molecule is O=S(=O)([O-])c1ccc2cc(OS(=O)(=O)c3ccc4ccccc4c3)ccc2c1. The maximum Gasteiger partial charge on any atom is 0.339 e. The van der Waals surface area contributed by atoms with Crippen LogP contribution in [0.3, 0.4) is 0 Å². The van der Waals surface area contributed by atoms with Crippen LogP contribution in [0.5, 0.6) is 5.75 Å². The summed E-state index contributed by atoms with van der Waals surface area (Å²) in [4.78, 5) is -0.323. The summed E-state index contributed by atoms with van der Waals surface area (Å²) in [6, 6.07) is 20.3. The van der Waals surface area contributed by atoms with Crippen molar-refractivity contribution in [2.75, 3.05) is 0 Å². The van der Waals surface area contributed by atoms with Crippen molar-refractivity contribution in [2.45, 2.75) is 9.79 Å².